The zero-order valence-corrected chi connectivity index (χ0v) is 13.3. The number of benzene rings is 2. The van der Waals surface area contributed by atoms with Crippen molar-refractivity contribution < 1.29 is 0 Å². The lowest BCUT2D eigenvalue weighted by Crippen LogP contribution is -2.19. The molecule has 19 heavy (non-hydrogen) atoms. The van der Waals surface area contributed by atoms with Gasteiger partial charge in [0, 0.05) is 10.5 Å². The highest BCUT2D eigenvalue weighted by molar-refractivity contribution is 9.10. The summed E-state index contributed by atoms with van der Waals surface area (Å²) in [5.74, 6) is 0. The van der Waals surface area contributed by atoms with Crippen LogP contribution in [0.5, 0.6) is 0 Å². The predicted molar refractivity (Wildman–Crippen MR) is 85.6 cm³/mol. The van der Waals surface area contributed by atoms with Crippen molar-refractivity contribution in [3.8, 4) is 0 Å². The van der Waals surface area contributed by atoms with Gasteiger partial charge in [0.15, 0.2) is 0 Å². The van der Waals surface area contributed by atoms with Crippen LogP contribution in [0, 0.1) is 13.8 Å². The molecule has 0 amide bonds. The highest BCUT2D eigenvalue weighted by atomic mass is 79.9. The zero-order chi connectivity index (χ0) is 13.8. The highest BCUT2D eigenvalue weighted by Gasteiger charge is 2.13. The summed E-state index contributed by atoms with van der Waals surface area (Å²) in [6.45, 7) is 4.31. The molecule has 2 heteroatoms. The molecule has 0 radical (unpaired) electrons. The molecule has 0 fully saturated rings. The van der Waals surface area contributed by atoms with Crippen LogP contribution in [0.3, 0.4) is 0 Å². The minimum Gasteiger partial charge on any atom is -0.313 e. The van der Waals surface area contributed by atoms with Crippen LogP contribution >= 0.6 is 15.9 Å². The van der Waals surface area contributed by atoms with E-state index in [1.807, 2.05) is 7.05 Å². The average molecular weight is 318 g/mol. The van der Waals surface area contributed by atoms with Gasteiger partial charge in [0.1, 0.15) is 0 Å². The summed E-state index contributed by atoms with van der Waals surface area (Å²) in [7, 11) is 2.03. The molecule has 2 rings (SSSR count). The number of aryl methyl sites for hydroxylation is 2. The van der Waals surface area contributed by atoms with Crippen molar-refractivity contribution in [2.24, 2.45) is 0 Å². The zero-order valence-electron chi connectivity index (χ0n) is 11.7. The van der Waals surface area contributed by atoms with Crippen molar-refractivity contribution in [2.75, 3.05) is 7.05 Å². The Morgan fingerprint density at radius 1 is 1.11 bits per heavy atom. The molecule has 0 saturated heterocycles. The second-order valence-electron chi connectivity index (χ2n) is 5.04. The maximum atomic E-state index is 3.56. The van der Waals surface area contributed by atoms with Crippen molar-refractivity contribution in [3.05, 3.63) is 69.2 Å². The Labute approximate surface area is 124 Å². The first kappa shape index (κ1) is 14.3. The monoisotopic (exact) mass is 317 g/mol. The molecule has 0 aromatic heterocycles. The summed E-state index contributed by atoms with van der Waals surface area (Å²) < 4.78 is 1.14. The van der Waals surface area contributed by atoms with Crippen LogP contribution in [0.2, 0.25) is 0 Å². The average Bonchev–Trinajstić information content (AvgIpc) is 2.39. The van der Waals surface area contributed by atoms with Crippen LogP contribution in [-0.2, 0) is 6.42 Å². The molecular weight excluding hydrogens is 298 g/mol. The standard InChI is InChI=1S/C17H20BrN/c1-12-5-4-6-14(9-12)10-17(19-3)16-11-15(18)8-7-13(16)2/h4-9,11,17,19H,10H2,1-3H3. The molecule has 0 bridgehead atoms. The molecule has 0 aliphatic rings. The van der Waals surface area contributed by atoms with Gasteiger partial charge in [-0.2, -0.15) is 0 Å². The van der Waals surface area contributed by atoms with Gasteiger partial charge in [-0.05, 0) is 56.1 Å². The summed E-state index contributed by atoms with van der Waals surface area (Å²) in [5.41, 5.74) is 5.38. The quantitative estimate of drug-likeness (QED) is 0.871. The minimum absolute atomic E-state index is 0.347. The van der Waals surface area contributed by atoms with E-state index in [1.165, 1.54) is 22.3 Å². The molecule has 1 unspecified atom stereocenters. The van der Waals surface area contributed by atoms with Gasteiger partial charge in [0.05, 0.1) is 0 Å². The lowest BCUT2D eigenvalue weighted by Gasteiger charge is -2.19. The topological polar surface area (TPSA) is 12.0 Å². The molecule has 0 aliphatic heterocycles. The Morgan fingerprint density at radius 2 is 1.89 bits per heavy atom. The van der Waals surface area contributed by atoms with Crippen LogP contribution in [-0.4, -0.2) is 7.05 Å². The maximum absolute atomic E-state index is 3.56. The van der Waals surface area contributed by atoms with Gasteiger partial charge in [0.2, 0.25) is 0 Å². The van der Waals surface area contributed by atoms with Crippen molar-refractivity contribution in [2.45, 2.75) is 26.3 Å². The van der Waals surface area contributed by atoms with Gasteiger partial charge in [-0.15, -0.1) is 0 Å². The first-order valence-electron chi connectivity index (χ1n) is 6.59. The van der Waals surface area contributed by atoms with E-state index in [0.717, 1.165) is 10.9 Å². The number of rotatable bonds is 4. The Bertz CT molecular complexity index is 563. The minimum atomic E-state index is 0.347. The molecule has 0 saturated carbocycles. The number of hydrogen-bond donors (Lipinski definition) is 1. The van der Waals surface area contributed by atoms with Crippen molar-refractivity contribution in [1.82, 2.24) is 5.32 Å². The lowest BCUT2D eigenvalue weighted by molar-refractivity contribution is 0.588. The van der Waals surface area contributed by atoms with Gasteiger partial charge in [-0.1, -0.05) is 51.8 Å². The molecule has 1 nitrogen and oxygen atoms in total. The third-order valence-corrected chi connectivity index (χ3v) is 3.98. The second kappa shape index (κ2) is 6.36. The normalized spacial score (nSPS) is 12.4. The van der Waals surface area contributed by atoms with E-state index >= 15 is 0 Å². The van der Waals surface area contributed by atoms with E-state index in [-0.39, 0.29) is 0 Å². The summed E-state index contributed by atoms with van der Waals surface area (Å²) in [4.78, 5) is 0. The molecular formula is C17H20BrN. The highest BCUT2D eigenvalue weighted by Crippen LogP contribution is 2.25. The fourth-order valence-corrected chi connectivity index (χ4v) is 2.81. The van der Waals surface area contributed by atoms with Gasteiger partial charge in [-0.25, -0.2) is 0 Å². The summed E-state index contributed by atoms with van der Waals surface area (Å²) in [6, 6.07) is 15.6. The fourth-order valence-electron chi connectivity index (χ4n) is 2.43. The Hall–Kier alpha value is -1.12. The molecule has 1 atom stereocenters. The third kappa shape index (κ3) is 3.68. The Morgan fingerprint density at radius 3 is 2.58 bits per heavy atom. The van der Waals surface area contributed by atoms with E-state index in [2.05, 4.69) is 77.6 Å². The van der Waals surface area contributed by atoms with Crippen LogP contribution in [0.1, 0.15) is 28.3 Å². The smallest absolute Gasteiger partial charge is 0.0361 e. The number of halogens is 1. The van der Waals surface area contributed by atoms with Crippen molar-refractivity contribution >= 4 is 15.9 Å². The number of hydrogen-bond acceptors (Lipinski definition) is 1. The van der Waals surface area contributed by atoms with E-state index < -0.39 is 0 Å². The Kier molecular flexibility index (Phi) is 4.78. The van der Waals surface area contributed by atoms with Crippen LogP contribution < -0.4 is 5.32 Å². The van der Waals surface area contributed by atoms with Gasteiger partial charge in [-0.3, -0.25) is 0 Å². The van der Waals surface area contributed by atoms with Gasteiger partial charge < -0.3 is 5.32 Å². The van der Waals surface area contributed by atoms with Crippen LogP contribution in [0.4, 0.5) is 0 Å². The first-order valence-corrected chi connectivity index (χ1v) is 7.38. The van der Waals surface area contributed by atoms with Crippen LogP contribution in [0.25, 0.3) is 0 Å². The molecule has 0 spiro atoms. The largest absolute Gasteiger partial charge is 0.313 e. The van der Waals surface area contributed by atoms with Gasteiger partial charge >= 0.3 is 0 Å². The van der Waals surface area contributed by atoms with E-state index in [9.17, 15) is 0 Å². The van der Waals surface area contributed by atoms with Crippen LogP contribution in [0.15, 0.2) is 46.9 Å². The lowest BCUT2D eigenvalue weighted by atomic mass is 9.95. The van der Waals surface area contributed by atoms with E-state index in [4.69, 9.17) is 0 Å². The number of likely N-dealkylation sites (N-methyl/N-ethyl adjacent to an activating group) is 1. The van der Waals surface area contributed by atoms with Gasteiger partial charge in [0.25, 0.3) is 0 Å². The predicted octanol–water partition coefficient (Wildman–Crippen LogP) is 4.57. The maximum Gasteiger partial charge on any atom is 0.0361 e. The van der Waals surface area contributed by atoms with Crippen molar-refractivity contribution in [1.29, 1.82) is 0 Å². The summed E-state index contributed by atoms with van der Waals surface area (Å²) in [5, 5.41) is 3.43. The first-order chi connectivity index (χ1) is 9.10. The number of nitrogens with one attached hydrogen (secondary N) is 1. The third-order valence-electron chi connectivity index (χ3n) is 3.49. The molecule has 100 valence electrons. The van der Waals surface area contributed by atoms with E-state index in [1.54, 1.807) is 0 Å². The fraction of sp³-hybridized carbons (Fsp3) is 0.294. The van der Waals surface area contributed by atoms with Crippen molar-refractivity contribution in [3.63, 3.8) is 0 Å². The van der Waals surface area contributed by atoms with E-state index in [0.29, 0.717) is 6.04 Å². The molecule has 1 N–H and O–H groups in total. The summed E-state index contributed by atoms with van der Waals surface area (Å²) >= 11 is 3.56. The molecule has 2 aromatic carbocycles. The SMILES string of the molecule is CNC(Cc1cccc(C)c1)c1cc(Br)ccc1C. The molecule has 0 aliphatic carbocycles. The second-order valence-corrected chi connectivity index (χ2v) is 5.95. The molecule has 2 aromatic rings. The summed E-state index contributed by atoms with van der Waals surface area (Å²) in [6.07, 6.45) is 1.01. The molecule has 0 heterocycles. The Balaban J connectivity index is 2.27.